The maximum Gasteiger partial charge on any atom is 0.243 e. The average Bonchev–Trinajstić information content (AvgIpc) is 3.02. The maximum absolute atomic E-state index is 13.2. The summed E-state index contributed by atoms with van der Waals surface area (Å²) in [5.41, 5.74) is 0.859. The van der Waals surface area contributed by atoms with Crippen molar-refractivity contribution in [2.45, 2.75) is 44.2 Å². The monoisotopic (exact) mass is 287 g/mol. The molecule has 2 heterocycles. The first-order valence-corrected chi connectivity index (χ1v) is 7.61. The molecule has 2 aromatic rings. The molecular weight excluding hydrogens is 269 g/mol. The average molecular weight is 287 g/mol. The summed E-state index contributed by atoms with van der Waals surface area (Å²) in [7, 11) is 0. The second-order valence-corrected chi connectivity index (χ2v) is 6.10. The summed E-state index contributed by atoms with van der Waals surface area (Å²) >= 11 is 0. The van der Waals surface area contributed by atoms with Crippen LogP contribution in [0.25, 0.3) is 0 Å². The van der Waals surface area contributed by atoms with Crippen molar-refractivity contribution in [3.05, 3.63) is 47.4 Å². The Balaban J connectivity index is 1.43. The summed E-state index contributed by atoms with van der Waals surface area (Å²) in [5, 5.41) is 7.62. The number of aromatic nitrogens is 2. The molecule has 2 aliphatic rings. The van der Waals surface area contributed by atoms with Gasteiger partial charge in [0.05, 0.1) is 6.04 Å². The van der Waals surface area contributed by atoms with Gasteiger partial charge in [0.2, 0.25) is 5.89 Å². The van der Waals surface area contributed by atoms with Gasteiger partial charge < -0.3 is 9.84 Å². The predicted octanol–water partition coefficient (Wildman–Crippen LogP) is 3.00. The molecule has 1 aromatic carbocycles. The fourth-order valence-corrected chi connectivity index (χ4v) is 3.15. The highest BCUT2D eigenvalue weighted by molar-refractivity contribution is 5.19. The number of halogens is 1. The number of nitrogens with zero attached hydrogens (tertiary/aromatic N) is 2. The Kier molecular flexibility index (Phi) is 3.22. The van der Waals surface area contributed by atoms with Gasteiger partial charge in [0.25, 0.3) is 0 Å². The van der Waals surface area contributed by atoms with Gasteiger partial charge in [0, 0.05) is 12.5 Å². The quantitative estimate of drug-likeness (QED) is 0.939. The second kappa shape index (κ2) is 5.22. The molecule has 1 aliphatic heterocycles. The largest absolute Gasteiger partial charge is 0.338 e. The summed E-state index contributed by atoms with van der Waals surface area (Å²) in [5.74, 6) is 1.91. The van der Waals surface area contributed by atoms with Crippen LogP contribution in [0.4, 0.5) is 4.39 Å². The van der Waals surface area contributed by atoms with E-state index in [1.807, 2.05) is 6.07 Å². The van der Waals surface area contributed by atoms with Crippen LogP contribution in [0.2, 0.25) is 0 Å². The number of rotatable bonds is 4. The molecule has 1 N–H and O–H groups in total. The van der Waals surface area contributed by atoms with E-state index in [1.165, 1.54) is 31.4 Å². The zero-order chi connectivity index (χ0) is 14.2. The minimum Gasteiger partial charge on any atom is -0.338 e. The van der Waals surface area contributed by atoms with Gasteiger partial charge in [0.1, 0.15) is 5.82 Å². The van der Waals surface area contributed by atoms with Crippen LogP contribution in [-0.4, -0.2) is 16.2 Å². The lowest BCUT2D eigenvalue weighted by Crippen LogP contribution is -2.26. The molecule has 110 valence electrons. The van der Waals surface area contributed by atoms with Crippen molar-refractivity contribution in [3.63, 3.8) is 0 Å². The van der Waals surface area contributed by atoms with Crippen molar-refractivity contribution >= 4 is 0 Å². The van der Waals surface area contributed by atoms with Gasteiger partial charge in [-0.25, -0.2) is 4.39 Å². The van der Waals surface area contributed by atoms with Gasteiger partial charge in [-0.1, -0.05) is 17.3 Å². The molecule has 0 amide bonds. The number of nitrogens with one attached hydrogen (secondary N) is 1. The number of benzene rings is 1. The van der Waals surface area contributed by atoms with Gasteiger partial charge in [-0.2, -0.15) is 4.98 Å². The van der Waals surface area contributed by atoms with Gasteiger partial charge >= 0.3 is 0 Å². The highest BCUT2D eigenvalue weighted by Crippen LogP contribution is 2.40. The Morgan fingerprint density at radius 3 is 2.95 bits per heavy atom. The Hall–Kier alpha value is -1.75. The van der Waals surface area contributed by atoms with Crippen molar-refractivity contribution in [3.8, 4) is 0 Å². The molecule has 4 rings (SSSR count). The topological polar surface area (TPSA) is 51.0 Å². The Morgan fingerprint density at radius 2 is 2.14 bits per heavy atom. The van der Waals surface area contributed by atoms with Crippen LogP contribution in [0, 0.1) is 11.7 Å². The van der Waals surface area contributed by atoms with E-state index in [0.717, 1.165) is 17.9 Å². The van der Waals surface area contributed by atoms with Crippen LogP contribution in [0.5, 0.6) is 0 Å². The highest BCUT2D eigenvalue weighted by atomic mass is 19.1. The third-order valence-corrected chi connectivity index (χ3v) is 4.41. The third-order valence-electron chi connectivity index (χ3n) is 4.41. The van der Waals surface area contributed by atoms with E-state index in [4.69, 9.17) is 4.52 Å². The van der Waals surface area contributed by atoms with Crippen molar-refractivity contribution < 1.29 is 8.91 Å². The second-order valence-electron chi connectivity index (χ2n) is 6.10. The summed E-state index contributed by atoms with van der Waals surface area (Å²) in [6.45, 7) is 0. The van der Waals surface area contributed by atoms with Crippen LogP contribution in [0.15, 0.2) is 28.8 Å². The lowest BCUT2D eigenvalue weighted by molar-refractivity contribution is 0.335. The first-order valence-electron chi connectivity index (χ1n) is 7.61. The zero-order valence-corrected chi connectivity index (χ0v) is 11.8. The van der Waals surface area contributed by atoms with E-state index in [9.17, 15) is 4.39 Å². The molecule has 0 radical (unpaired) electrons. The third kappa shape index (κ3) is 2.83. The van der Waals surface area contributed by atoms with E-state index in [1.54, 1.807) is 6.07 Å². The molecule has 2 atom stereocenters. The zero-order valence-electron chi connectivity index (χ0n) is 11.8. The molecular formula is C16H18FN3O. The normalized spacial score (nSPS) is 25.4. The fourth-order valence-electron chi connectivity index (χ4n) is 3.15. The smallest absolute Gasteiger partial charge is 0.243 e. The van der Waals surface area contributed by atoms with E-state index < -0.39 is 0 Å². The Labute approximate surface area is 122 Å². The molecule has 0 spiro atoms. The summed E-state index contributed by atoms with van der Waals surface area (Å²) in [6, 6.07) is 7.32. The van der Waals surface area contributed by atoms with Crippen LogP contribution >= 0.6 is 0 Å². The van der Waals surface area contributed by atoms with Crippen LogP contribution < -0.4 is 5.32 Å². The molecule has 1 aliphatic carbocycles. The number of hydrogen-bond donors (Lipinski definition) is 1. The highest BCUT2D eigenvalue weighted by Gasteiger charge is 2.38. The molecule has 1 saturated carbocycles. The molecule has 1 saturated heterocycles. The van der Waals surface area contributed by atoms with Gasteiger partial charge in [-0.3, -0.25) is 0 Å². The fraction of sp³-hybridized carbons (Fsp3) is 0.500. The van der Waals surface area contributed by atoms with Crippen molar-refractivity contribution in [2.75, 3.05) is 0 Å². The van der Waals surface area contributed by atoms with Crippen molar-refractivity contribution in [1.29, 1.82) is 0 Å². The molecule has 2 fully saturated rings. The van der Waals surface area contributed by atoms with Crippen LogP contribution in [0.3, 0.4) is 0 Å². The summed E-state index contributed by atoms with van der Waals surface area (Å²) in [6.07, 6.45) is 5.44. The van der Waals surface area contributed by atoms with Crippen molar-refractivity contribution in [2.24, 2.45) is 5.92 Å². The van der Waals surface area contributed by atoms with E-state index in [-0.39, 0.29) is 11.9 Å². The molecule has 21 heavy (non-hydrogen) atoms. The summed E-state index contributed by atoms with van der Waals surface area (Å²) in [4.78, 5) is 4.47. The Morgan fingerprint density at radius 1 is 1.24 bits per heavy atom. The van der Waals surface area contributed by atoms with Gasteiger partial charge in [-0.05, 0) is 49.3 Å². The molecule has 5 heteroatoms. The van der Waals surface area contributed by atoms with Gasteiger partial charge in [0.15, 0.2) is 5.82 Å². The van der Waals surface area contributed by atoms with Gasteiger partial charge in [-0.15, -0.1) is 0 Å². The lowest BCUT2D eigenvalue weighted by Gasteiger charge is -2.09. The molecule has 4 nitrogen and oxygen atoms in total. The van der Waals surface area contributed by atoms with Crippen molar-refractivity contribution in [1.82, 2.24) is 15.5 Å². The van der Waals surface area contributed by atoms with Crippen LogP contribution in [0.1, 0.15) is 49.0 Å². The van der Waals surface area contributed by atoms with E-state index >= 15 is 0 Å². The molecule has 1 aromatic heterocycles. The molecule has 0 bridgehead atoms. The van der Waals surface area contributed by atoms with E-state index in [0.29, 0.717) is 24.2 Å². The lowest BCUT2D eigenvalue weighted by atomic mass is 10.1. The predicted molar refractivity (Wildman–Crippen MR) is 75.1 cm³/mol. The minimum absolute atomic E-state index is 0.185. The SMILES string of the molecule is Fc1cccc(Cc2noc(C3CCC(C4CC4)N3)n2)c1. The molecule has 2 unspecified atom stereocenters. The van der Waals surface area contributed by atoms with Crippen LogP contribution in [-0.2, 0) is 6.42 Å². The Bertz CT molecular complexity index is 638. The minimum atomic E-state index is -0.235. The first kappa shape index (κ1) is 13.0. The summed E-state index contributed by atoms with van der Waals surface area (Å²) < 4.78 is 18.6. The first-order chi connectivity index (χ1) is 10.3. The standard InChI is InChI=1S/C16H18FN3O/c17-12-3-1-2-10(8-12)9-15-19-16(21-20-15)14-7-6-13(18-14)11-4-5-11/h1-3,8,11,13-14,18H,4-7,9H2. The number of hydrogen-bond acceptors (Lipinski definition) is 4. The van der Waals surface area contributed by atoms with E-state index in [2.05, 4.69) is 15.5 Å². The maximum atomic E-state index is 13.2.